The van der Waals surface area contributed by atoms with E-state index in [4.69, 9.17) is 5.11 Å². The van der Waals surface area contributed by atoms with Gasteiger partial charge in [0.1, 0.15) is 11.3 Å². The summed E-state index contributed by atoms with van der Waals surface area (Å²) in [5.74, 6) is -1.81. The van der Waals surface area contributed by atoms with E-state index >= 15 is 0 Å². The summed E-state index contributed by atoms with van der Waals surface area (Å²) in [5.41, 5.74) is -0.209. The van der Waals surface area contributed by atoms with Crippen LogP contribution >= 0.6 is 0 Å². The Morgan fingerprint density at radius 1 is 1.60 bits per heavy atom. The molecule has 1 N–H and O–H groups in total. The Bertz CT molecular complexity index is 459. The zero-order valence-corrected chi connectivity index (χ0v) is 9.11. The predicted octanol–water partition coefficient (Wildman–Crippen LogP) is 0.696. The van der Waals surface area contributed by atoms with Crippen molar-refractivity contribution in [3.63, 3.8) is 0 Å². The quantitative estimate of drug-likeness (QED) is 0.821. The Kier molecular flexibility index (Phi) is 3.13. The number of carboxylic acids is 1. The van der Waals surface area contributed by atoms with E-state index in [2.05, 4.69) is 9.68 Å². The van der Waals surface area contributed by atoms with Crippen molar-refractivity contribution in [1.29, 1.82) is 0 Å². The van der Waals surface area contributed by atoms with Crippen LogP contribution in [0.15, 0.2) is 10.7 Å². The van der Waals surface area contributed by atoms with Crippen LogP contribution in [0.4, 0.5) is 0 Å². The minimum Gasteiger partial charge on any atom is -0.478 e. The molecule has 0 fully saturated rings. The number of aromatic nitrogens is 1. The molecule has 84 valence electrons. The summed E-state index contributed by atoms with van der Waals surface area (Å²) in [6.07, 6.45) is 0.994. The van der Waals surface area contributed by atoms with E-state index < -0.39 is 26.8 Å². The third-order valence-electron chi connectivity index (χ3n) is 1.93. The summed E-state index contributed by atoms with van der Waals surface area (Å²) in [5, 5.41) is 11.4. The van der Waals surface area contributed by atoms with Gasteiger partial charge in [0.05, 0.1) is 11.4 Å². The molecule has 1 aromatic heterocycles. The summed E-state index contributed by atoms with van der Waals surface area (Å²) in [6, 6.07) is 0. The van der Waals surface area contributed by atoms with Crippen LogP contribution in [-0.2, 0) is 15.6 Å². The molecule has 0 aromatic carbocycles. The second kappa shape index (κ2) is 4.01. The van der Waals surface area contributed by atoms with Crippen LogP contribution in [-0.4, -0.2) is 29.9 Å². The number of nitrogens with zero attached hydrogens (tertiary/aromatic N) is 1. The van der Waals surface area contributed by atoms with E-state index in [9.17, 15) is 13.2 Å². The second-order valence-electron chi connectivity index (χ2n) is 3.32. The van der Waals surface area contributed by atoms with Crippen LogP contribution in [0.5, 0.6) is 0 Å². The fourth-order valence-corrected chi connectivity index (χ4v) is 1.80. The first-order valence-electron chi connectivity index (χ1n) is 4.23. The molecule has 6 nitrogen and oxygen atoms in total. The summed E-state index contributed by atoms with van der Waals surface area (Å²) in [7, 11) is -3.37. The van der Waals surface area contributed by atoms with Gasteiger partial charge in [0.15, 0.2) is 15.6 Å². The lowest BCUT2D eigenvalue weighted by Crippen LogP contribution is -2.17. The van der Waals surface area contributed by atoms with Gasteiger partial charge >= 0.3 is 5.97 Å². The molecule has 0 atom stereocenters. The standard InChI is InChI=1S/C8H11NO5S/c1-5(2)15(12,13)4-7-6(8(10)11)3-9-14-7/h3,5H,4H2,1-2H3,(H,10,11). The van der Waals surface area contributed by atoms with Crippen molar-refractivity contribution in [2.45, 2.75) is 24.9 Å². The number of sulfone groups is 1. The lowest BCUT2D eigenvalue weighted by Gasteiger charge is -2.04. The van der Waals surface area contributed by atoms with Crippen molar-refractivity contribution in [3.05, 3.63) is 17.5 Å². The van der Waals surface area contributed by atoms with Crippen LogP contribution in [0.1, 0.15) is 30.0 Å². The number of hydrogen-bond donors (Lipinski definition) is 1. The summed E-state index contributed by atoms with van der Waals surface area (Å²) in [6.45, 7) is 3.04. The molecule has 0 saturated carbocycles. The molecule has 0 bridgehead atoms. The van der Waals surface area contributed by atoms with E-state index in [0.29, 0.717) is 0 Å². The Hall–Kier alpha value is -1.37. The van der Waals surface area contributed by atoms with E-state index in [1.807, 2.05) is 0 Å². The smallest absolute Gasteiger partial charge is 0.341 e. The summed E-state index contributed by atoms with van der Waals surface area (Å²) >= 11 is 0. The lowest BCUT2D eigenvalue weighted by atomic mass is 10.3. The van der Waals surface area contributed by atoms with Gasteiger partial charge in [0, 0.05) is 0 Å². The highest BCUT2D eigenvalue weighted by Crippen LogP contribution is 2.15. The summed E-state index contributed by atoms with van der Waals surface area (Å²) < 4.78 is 27.6. The van der Waals surface area contributed by atoms with Crippen LogP contribution < -0.4 is 0 Å². The number of rotatable bonds is 4. The average molecular weight is 233 g/mol. The van der Waals surface area contributed by atoms with Gasteiger partial charge in [0.2, 0.25) is 0 Å². The van der Waals surface area contributed by atoms with Crippen molar-refractivity contribution in [1.82, 2.24) is 5.16 Å². The molecule has 0 spiro atoms. The van der Waals surface area contributed by atoms with Crippen molar-refractivity contribution < 1.29 is 22.8 Å². The zero-order chi connectivity index (χ0) is 11.6. The van der Waals surface area contributed by atoms with Crippen LogP contribution in [0.3, 0.4) is 0 Å². The lowest BCUT2D eigenvalue weighted by molar-refractivity contribution is 0.0695. The van der Waals surface area contributed by atoms with Gasteiger partial charge in [-0.05, 0) is 13.8 Å². The topological polar surface area (TPSA) is 97.5 Å². The molecule has 0 saturated heterocycles. The van der Waals surface area contributed by atoms with Crippen LogP contribution in [0.25, 0.3) is 0 Å². The van der Waals surface area contributed by atoms with Gasteiger partial charge in [-0.3, -0.25) is 0 Å². The summed E-state index contributed by atoms with van der Waals surface area (Å²) in [4.78, 5) is 10.6. The molecule has 0 amide bonds. The van der Waals surface area contributed by atoms with Gasteiger partial charge in [-0.2, -0.15) is 0 Å². The molecule has 0 aliphatic rings. The molecular formula is C8H11NO5S. The van der Waals surface area contributed by atoms with Gasteiger partial charge in [-0.15, -0.1) is 0 Å². The maximum atomic E-state index is 11.5. The second-order valence-corrected chi connectivity index (χ2v) is 5.88. The Morgan fingerprint density at radius 3 is 2.67 bits per heavy atom. The number of hydrogen-bond acceptors (Lipinski definition) is 5. The minimum absolute atomic E-state index is 0.129. The molecule has 0 aliphatic carbocycles. The molecule has 0 radical (unpaired) electrons. The number of carboxylic acid groups (broad SMARTS) is 1. The average Bonchev–Trinajstić information content (AvgIpc) is 2.51. The van der Waals surface area contributed by atoms with Crippen molar-refractivity contribution in [3.8, 4) is 0 Å². The first-order chi connectivity index (χ1) is 6.84. The van der Waals surface area contributed by atoms with Crippen molar-refractivity contribution in [2.75, 3.05) is 0 Å². The molecular weight excluding hydrogens is 222 g/mol. The predicted molar refractivity (Wildman–Crippen MR) is 51.2 cm³/mol. The van der Waals surface area contributed by atoms with Crippen molar-refractivity contribution >= 4 is 15.8 Å². The van der Waals surface area contributed by atoms with Gasteiger partial charge in [-0.1, -0.05) is 5.16 Å². The normalized spacial score (nSPS) is 11.9. The molecule has 1 aromatic rings. The first kappa shape index (κ1) is 11.7. The number of aromatic carboxylic acids is 1. The SMILES string of the molecule is CC(C)S(=O)(=O)Cc1oncc1C(=O)O. The monoisotopic (exact) mass is 233 g/mol. The van der Waals surface area contributed by atoms with Gasteiger partial charge in [0.25, 0.3) is 0 Å². The maximum absolute atomic E-state index is 11.5. The van der Waals surface area contributed by atoms with Crippen molar-refractivity contribution in [2.24, 2.45) is 0 Å². The van der Waals surface area contributed by atoms with E-state index in [-0.39, 0.29) is 11.3 Å². The largest absolute Gasteiger partial charge is 0.478 e. The molecule has 1 rings (SSSR count). The van der Waals surface area contributed by atoms with E-state index in [1.54, 1.807) is 0 Å². The Balaban J connectivity index is 3.01. The molecule has 7 heteroatoms. The van der Waals surface area contributed by atoms with Crippen LogP contribution in [0, 0.1) is 0 Å². The highest BCUT2D eigenvalue weighted by molar-refractivity contribution is 7.91. The minimum atomic E-state index is -3.37. The molecule has 0 unspecified atom stereocenters. The fourth-order valence-electron chi connectivity index (χ4n) is 0.892. The van der Waals surface area contributed by atoms with Gasteiger partial charge in [-0.25, -0.2) is 13.2 Å². The fraction of sp³-hybridized carbons (Fsp3) is 0.500. The molecule has 1 heterocycles. The third kappa shape index (κ3) is 2.56. The molecule has 15 heavy (non-hydrogen) atoms. The maximum Gasteiger partial charge on any atom is 0.341 e. The zero-order valence-electron chi connectivity index (χ0n) is 8.30. The highest BCUT2D eigenvalue weighted by atomic mass is 32.2. The van der Waals surface area contributed by atoms with E-state index in [1.165, 1.54) is 13.8 Å². The van der Waals surface area contributed by atoms with Gasteiger partial charge < -0.3 is 9.63 Å². The number of carbonyl (C=O) groups is 1. The van der Waals surface area contributed by atoms with Crippen LogP contribution in [0.2, 0.25) is 0 Å². The Morgan fingerprint density at radius 2 is 2.20 bits per heavy atom. The van der Waals surface area contributed by atoms with E-state index in [0.717, 1.165) is 6.20 Å². The highest BCUT2D eigenvalue weighted by Gasteiger charge is 2.24. The third-order valence-corrected chi connectivity index (χ3v) is 4.03. The Labute approximate surface area is 86.8 Å². The first-order valence-corrected chi connectivity index (χ1v) is 5.94. The molecule has 0 aliphatic heterocycles.